The third-order valence-corrected chi connectivity index (χ3v) is 9.18. The van der Waals surface area contributed by atoms with Crippen molar-refractivity contribution >= 4 is 63.7 Å². The van der Waals surface area contributed by atoms with Crippen LogP contribution in [0.5, 0.6) is 0 Å². The highest BCUT2D eigenvalue weighted by atomic mass is 79.9. The molecule has 0 aliphatic rings. The molecule has 0 aliphatic carbocycles. The summed E-state index contributed by atoms with van der Waals surface area (Å²) in [5.41, 5.74) is 10.5. The van der Waals surface area contributed by atoms with Gasteiger partial charge in [0, 0.05) is 29.0 Å². The van der Waals surface area contributed by atoms with Crippen LogP contribution in [0.4, 0.5) is 0 Å². The van der Waals surface area contributed by atoms with Crippen molar-refractivity contribution in [1.82, 2.24) is 0 Å². The van der Waals surface area contributed by atoms with E-state index >= 15 is 0 Å². The van der Waals surface area contributed by atoms with Gasteiger partial charge < -0.3 is 0 Å². The minimum Gasteiger partial charge on any atom is -0.0587 e. The molecule has 0 amide bonds. The summed E-state index contributed by atoms with van der Waals surface area (Å²) >= 11 is 15.7. The molecule has 0 unspecified atom stereocenters. The summed E-state index contributed by atoms with van der Waals surface area (Å²) in [7, 11) is 0. The quantitative estimate of drug-likeness (QED) is 0.325. The summed E-state index contributed by atoms with van der Waals surface area (Å²) in [4.78, 5) is 0. The second-order valence-corrected chi connectivity index (χ2v) is 10.8. The molecule has 142 valence electrons. The molecule has 0 N–H and O–H groups in total. The van der Waals surface area contributed by atoms with Crippen LogP contribution in [0.3, 0.4) is 0 Å². The van der Waals surface area contributed by atoms with E-state index in [1.807, 2.05) is 0 Å². The van der Waals surface area contributed by atoms with Gasteiger partial charge in [0.05, 0.1) is 0 Å². The van der Waals surface area contributed by atoms with E-state index in [0.717, 1.165) is 17.9 Å². The number of rotatable bonds is 3. The fraction of sp³-hybridized carbons (Fsp3) is 0.455. The molecule has 4 heteroatoms. The van der Waals surface area contributed by atoms with Gasteiger partial charge in [0.1, 0.15) is 0 Å². The lowest BCUT2D eigenvalue weighted by Crippen LogP contribution is -2.05. The lowest BCUT2D eigenvalue weighted by Gasteiger charge is -2.25. The summed E-state index contributed by atoms with van der Waals surface area (Å²) in [5, 5.41) is 0. The fourth-order valence-corrected chi connectivity index (χ4v) is 7.12. The Bertz CT molecular complexity index is 745. The topological polar surface area (TPSA) is 0 Å². The van der Waals surface area contributed by atoms with Crippen molar-refractivity contribution in [3.05, 3.63) is 51.3 Å². The number of hydrogen-bond donors (Lipinski definition) is 0. The van der Waals surface area contributed by atoms with Crippen LogP contribution in [-0.4, -0.2) is 0 Å². The van der Waals surface area contributed by atoms with Crippen molar-refractivity contribution < 1.29 is 0 Å². The normalized spacial score (nSPS) is 11.8. The Kier molecular flexibility index (Phi) is 7.31. The number of hydrogen-bond acceptors (Lipinski definition) is 0. The summed E-state index contributed by atoms with van der Waals surface area (Å²) in [6.07, 6.45) is 0. The summed E-state index contributed by atoms with van der Waals surface area (Å²) in [5.74, 6) is 0.964. The molecule has 0 saturated heterocycles. The van der Waals surface area contributed by atoms with Gasteiger partial charge >= 0.3 is 0 Å². The van der Waals surface area contributed by atoms with E-state index in [4.69, 9.17) is 0 Å². The van der Waals surface area contributed by atoms with Gasteiger partial charge in [-0.1, -0.05) is 27.7 Å². The molecule has 0 aliphatic heterocycles. The smallest absolute Gasteiger partial charge is 0.0298 e. The minimum atomic E-state index is 0.482. The first-order valence-electron chi connectivity index (χ1n) is 8.89. The van der Waals surface area contributed by atoms with Gasteiger partial charge in [-0.3, -0.25) is 0 Å². The SMILES string of the molecule is Cc1c(Br)c(-c2c(Br)c(C)c(C(C)C)c(C)c2Br)c(Br)c(C)c1C(C)C. The first kappa shape index (κ1) is 22.6. The zero-order chi connectivity index (χ0) is 20.1. The molecule has 2 aromatic rings. The molecular formula is C22H26Br4. The van der Waals surface area contributed by atoms with Crippen LogP contribution in [-0.2, 0) is 0 Å². The molecule has 0 atom stereocenters. The Morgan fingerprint density at radius 2 is 0.654 bits per heavy atom. The van der Waals surface area contributed by atoms with Gasteiger partial charge in [0.2, 0.25) is 0 Å². The standard InChI is InChI=1S/C22H26Br4/c1-9(2)15-11(5)19(23)17(20(24)12(15)6)18-21(25)13(7)16(10(3)4)14(8)22(18)26/h9-10H,1-8H3. The molecule has 0 bridgehead atoms. The molecule has 0 nitrogen and oxygen atoms in total. The molecule has 0 spiro atoms. The van der Waals surface area contributed by atoms with Crippen LogP contribution in [0.1, 0.15) is 72.9 Å². The van der Waals surface area contributed by atoms with Crippen molar-refractivity contribution in [2.24, 2.45) is 0 Å². The van der Waals surface area contributed by atoms with Crippen molar-refractivity contribution in [2.75, 3.05) is 0 Å². The summed E-state index contributed by atoms with van der Waals surface area (Å²) in [6.45, 7) is 17.9. The van der Waals surface area contributed by atoms with E-state index in [1.165, 1.54) is 44.5 Å². The average Bonchev–Trinajstić information content (AvgIpc) is 2.54. The molecular weight excluding hydrogens is 584 g/mol. The van der Waals surface area contributed by atoms with Crippen LogP contribution in [0.2, 0.25) is 0 Å². The van der Waals surface area contributed by atoms with E-state index in [9.17, 15) is 0 Å². The third kappa shape index (κ3) is 3.65. The third-order valence-electron chi connectivity index (χ3n) is 5.22. The van der Waals surface area contributed by atoms with Gasteiger partial charge in [-0.2, -0.15) is 0 Å². The maximum Gasteiger partial charge on any atom is 0.0298 e. The summed E-state index contributed by atoms with van der Waals surface area (Å²) in [6, 6.07) is 0. The Hall–Kier alpha value is 0.360. The monoisotopic (exact) mass is 606 g/mol. The maximum absolute atomic E-state index is 3.91. The molecule has 0 aromatic heterocycles. The Balaban J connectivity index is 3.00. The van der Waals surface area contributed by atoms with Crippen molar-refractivity contribution in [2.45, 2.75) is 67.2 Å². The van der Waals surface area contributed by atoms with Crippen molar-refractivity contribution in [3.8, 4) is 11.1 Å². The van der Waals surface area contributed by atoms with Crippen LogP contribution >= 0.6 is 63.7 Å². The first-order chi connectivity index (χ1) is 11.9. The van der Waals surface area contributed by atoms with Crippen LogP contribution in [0.15, 0.2) is 17.9 Å². The lowest BCUT2D eigenvalue weighted by atomic mass is 9.86. The van der Waals surface area contributed by atoms with Gasteiger partial charge in [-0.05, 0) is 137 Å². The Morgan fingerprint density at radius 3 is 0.808 bits per heavy atom. The van der Waals surface area contributed by atoms with E-state index in [0.29, 0.717) is 11.8 Å². The maximum atomic E-state index is 3.91. The average molecular weight is 610 g/mol. The molecule has 0 fully saturated rings. The minimum absolute atomic E-state index is 0.482. The fourth-order valence-electron chi connectivity index (χ4n) is 4.15. The molecule has 26 heavy (non-hydrogen) atoms. The van der Waals surface area contributed by atoms with E-state index in [-0.39, 0.29) is 0 Å². The van der Waals surface area contributed by atoms with Gasteiger partial charge in [-0.15, -0.1) is 0 Å². The highest BCUT2D eigenvalue weighted by molar-refractivity contribution is 9.11. The lowest BCUT2D eigenvalue weighted by molar-refractivity contribution is 0.840. The molecule has 2 aromatic carbocycles. The largest absolute Gasteiger partial charge is 0.0587 e. The van der Waals surface area contributed by atoms with E-state index < -0.39 is 0 Å². The van der Waals surface area contributed by atoms with E-state index in [1.54, 1.807) is 0 Å². The number of benzene rings is 2. The zero-order valence-corrected chi connectivity index (χ0v) is 23.0. The van der Waals surface area contributed by atoms with Crippen molar-refractivity contribution in [3.63, 3.8) is 0 Å². The second-order valence-electron chi connectivity index (χ2n) is 7.64. The predicted octanol–water partition coefficient (Wildman–Crippen LogP) is 9.88. The van der Waals surface area contributed by atoms with Crippen LogP contribution in [0, 0.1) is 27.7 Å². The molecule has 2 rings (SSSR count). The molecule has 0 heterocycles. The number of halogens is 4. The molecule has 0 saturated carbocycles. The Labute approximate surface area is 192 Å². The summed E-state index contributed by atoms with van der Waals surface area (Å²) < 4.78 is 4.65. The van der Waals surface area contributed by atoms with Crippen LogP contribution < -0.4 is 0 Å². The Morgan fingerprint density at radius 1 is 0.462 bits per heavy atom. The predicted molar refractivity (Wildman–Crippen MR) is 130 cm³/mol. The first-order valence-corrected chi connectivity index (χ1v) is 12.1. The van der Waals surface area contributed by atoms with Gasteiger partial charge in [0.25, 0.3) is 0 Å². The van der Waals surface area contributed by atoms with E-state index in [2.05, 4.69) is 119 Å². The highest BCUT2D eigenvalue weighted by Gasteiger charge is 2.26. The highest BCUT2D eigenvalue weighted by Crippen LogP contribution is 2.50. The van der Waals surface area contributed by atoms with Crippen LogP contribution in [0.25, 0.3) is 11.1 Å². The molecule has 0 radical (unpaired) electrons. The van der Waals surface area contributed by atoms with Crippen molar-refractivity contribution in [1.29, 1.82) is 0 Å². The second kappa shape index (κ2) is 8.39. The van der Waals surface area contributed by atoms with Gasteiger partial charge in [0.15, 0.2) is 0 Å². The van der Waals surface area contributed by atoms with Gasteiger partial charge in [-0.25, -0.2) is 0 Å². The zero-order valence-electron chi connectivity index (χ0n) is 16.7.